The molecule has 0 atom stereocenters. The van der Waals surface area contributed by atoms with Gasteiger partial charge in [0.1, 0.15) is 0 Å². The Morgan fingerprint density at radius 3 is 2.43 bits per heavy atom. The second-order valence-electron chi connectivity index (χ2n) is 4.43. The van der Waals surface area contributed by atoms with E-state index in [2.05, 4.69) is 0 Å². The van der Waals surface area contributed by atoms with Crippen molar-refractivity contribution in [1.29, 1.82) is 0 Å². The molecule has 0 unspecified atom stereocenters. The molecule has 1 aliphatic carbocycles. The van der Waals surface area contributed by atoms with Gasteiger partial charge < -0.3 is 10.5 Å². The average molecular weight is 199 g/mol. The maximum absolute atomic E-state index is 5.67. The molecule has 14 heavy (non-hydrogen) atoms. The van der Waals surface area contributed by atoms with Crippen molar-refractivity contribution in [3.8, 4) is 0 Å². The predicted octanol–water partition coefficient (Wildman–Crippen LogP) is 2.71. The summed E-state index contributed by atoms with van der Waals surface area (Å²) < 4.78 is 5.67. The van der Waals surface area contributed by atoms with Crippen molar-refractivity contribution in [1.82, 2.24) is 0 Å². The van der Waals surface area contributed by atoms with E-state index in [1.807, 2.05) is 0 Å². The Balaban J connectivity index is 1.75. The molecule has 0 spiro atoms. The second-order valence-corrected chi connectivity index (χ2v) is 4.43. The van der Waals surface area contributed by atoms with Gasteiger partial charge >= 0.3 is 0 Å². The zero-order valence-corrected chi connectivity index (χ0v) is 9.34. The van der Waals surface area contributed by atoms with Crippen LogP contribution in [0.5, 0.6) is 0 Å². The fraction of sp³-hybridized carbons (Fsp3) is 1.00. The summed E-state index contributed by atoms with van der Waals surface area (Å²) in [6, 6.07) is 0. The third-order valence-corrected chi connectivity index (χ3v) is 3.07. The van der Waals surface area contributed by atoms with Crippen LogP contribution >= 0.6 is 0 Å². The fourth-order valence-corrected chi connectivity index (χ4v) is 2.13. The van der Waals surface area contributed by atoms with Crippen LogP contribution in [0.3, 0.4) is 0 Å². The monoisotopic (exact) mass is 199 g/mol. The topological polar surface area (TPSA) is 35.2 Å². The molecule has 0 saturated heterocycles. The lowest BCUT2D eigenvalue weighted by atomic mass is 10.1. The summed E-state index contributed by atoms with van der Waals surface area (Å²) in [7, 11) is 0. The Labute approximate surface area is 88.2 Å². The first-order chi connectivity index (χ1) is 6.93. The normalized spacial score (nSPS) is 17.8. The Hall–Kier alpha value is -0.0800. The van der Waals surface area contributed by atoms with E-state index in [-0.39, 0.29) is 0 Å². The molecule has 0 radical (unpaired) electrons. The highest BCUT2D eigenvalue weighted by Gasteiger charge is 2.14. The SMILES string of the molecule is NCCCCCCOCC1CCCC1. The van der Waals surface area contributed by atoms with Crippen molar-refractivity contribution in [2.24, 2.45) is 11.7 Å². The molecule has 2 N–H and O–H groups in total. The van der Waals surface area contributed by atoms with Crippen LogP contribution < -0.4 is 5.73 Å². The molecule has 0 aromatic rings. The van der Waals surface area contributed by atoms with Crippen LogP contribution in [0.15, 0.2) is 0 Å². The van der Waals surface area contributed by atoms with Gasteiger partial charge in [0.15, 0.2) is 0 Å². The van der Waals surface area contributed by atoms with Gasteiger partial charge in [0, 0.05) is 13.2 Å². The van der Waals surface area contributed by atoms with E-state index in [1.54, 1.807) is 0 Å². The summed E-state index contributed by atoms with van der Waals surface area (Å²) in [6.07, 6.45) is 10.6. The van der Waals surface area contributed by atoms with Gasteiger partial charge in [-0.2, -0.15) is 0 Å². The first-order valence-corrected chi connectivity index (χ1v) is 6.21. The van der Waals surface area contributed by atoms with Gasteiger partial charge in [0.25, 0.3) is 0 Å². The molecule has 0 amide bonds. The fourth-order valence-electron chi connectivity index (χ4n) is 2.13. The summed E-state index contributed by atoms with van der Waals surface area (Å²) in [5, 5.41) is 0. The zero-order chi connectivity index (χ0) is 10.1. The van der Waals surface area contributed by atoms with Crippen LogP contribution in [0.2, 0.25) is 0 Å². The summed E-state index contributed by atoms with van der Waals surface area (Å²) >= 11 is 0. The Bertz CT molecular complexity index is 121. The van der Waals surface area contributed by atoms with E-state index in [4.69, 9.17) is 10.5 Å². The van der Waals surface area contributed by atoms with E-state index in [0.29, 0.717) is 0 Å². The number of ether oxygens (including phenoxy) is 1. The molecular weight excluding hydrogens is 174 g/mol. The lowest BCUT2D eigenvalue weighted by molar-refractivity contribution is 0.0979. The number of rotatable bonds is 8. The summed E-state index contributed by atoms with van der Waals surface area (Å²) in [4.78, 5) is 0. The standard InChI is InChI=1S/C12H25NO/c13-9-5-1-2-6-10-14-11-12-7-3-4-8-12/h12H,1-11,13H2. The minimum atomic E-state index is 0.836. The van der Waals surface area contributed by atoms with Crippen molar-refractivity contribution in [2.45, 2.75) is 51.4 Å². The Morgan fingerprint density at radius 1 is 1.00 bits per heavy atom. The van der Waals surface area contributed by atoms with Crippen molar-refractivity contribution in [2.75, 3.05) is 19.8 Å². The molecule has 0 aromatic heterocycles. The molecular formula is C12H25NO. The number of hydrogen-bond acceptors (Lipinski definition) is 2. The Kier molecular flexibility index (Phi) is 7.06. The minimum Gasteiger partial charge on any atom is -0.381 e. The van der Waals surface area contributed by atoms with Crippen LogP contribution in [0.25, 0.3) is 0 Å². The zero-order valence-electron chi connectivity index (χ0n) is 9.34. The van der Waals surface area contributed by atoms with Gasteiger partial charge in [-0.1, -0.05) is 25.7 Å². The van der Waals surface area contributed by atoms with Crippen molar-refractivity contribution < 1.29 is 4.74 Å². The predicted molar refractivity (Wildman–Crippen MR) is 60.3 cm³/mol. The second kappa shape index (κ2) is 8.25. The van der Waals surface area contributed by atoms with E-state index in [9.17, 15) is 0 Å². The molecule has 1 rings (SSSR count). The van der Waals surface area contributed by atoms with E-state index in [0.717, 1.165) is 25.7 Å². The molecule has 2 heteroatoms. The smallest absolute Gasteiger partial charge is 0.0494 e. The summed E-state index contributed by atoms with van der Waals surface area (Å²) in [6.45, 7) is 2.81. The summed E-state index contributed by atoms with van der Waals surface area (Å²) in [5.74, 6) is 0.874. The first-order valence-electron chi connectivity index (χ1n) is 6.21. The van der Waals surface area contributed by atoms with Crippen molar-refractivity contribution >= 4 is 0 Å². The third-order valence-electron chi connectivity index (χ3n) is 3.07. The summed E-state index contributed by atoms with van der Waals surface area (Å²) in [5.41, 5.74) is 5.42. The lowest BCUT2D eigenvalue weighted by Gasteiger charge is -2.09. The highest BCUT2D eigenvalue weighted by Crippen LogP contribution is 2.24. The van der Waals surface area contributed by atoms with Crippen molar-refractivity contribution in [3.05, 3.63) is 0 Å². The molecule has 2 nitrogen and oxygen atoms in total. The molecule has 0 heterocycles. The van der Waals surface area contributed by atoms with Gasteiger partial charge in [0.2, 0.25) is 0 Å². The maximum atomic E-state index is 5.67. The molecule has 1 saturated carbocycles. The first kappa shape index (κ1) is 12.0. The van der Waals surface area contributed by atoms with E-state index >= 15 is 0 Å². The quantitative estimate of drug-likeness (QED) is 0.610. The lowest BCUT2D eigenvalue weighted by Crippen LogP contribution is -2.06. The Morgan fingerprint density at radius 2 is 1.71 bits per heavy atom. The van der Waals surface area contributed by atoms with Crippen molar-refractivity contribution in [3.63, 3.8) is 0 Å². The molecule has 0 aromatic carbocycles. The van der Waals surface area contributed by atoms with Crippen LogP contribution in [0.1, 0.15) is 51.4 Å². The van der Waals surface area contributed by atoms with Gasteiger partial charge in [-0.15, -0.1) is 0 Å². The maximum Gasteiger partial charge on any atom is 0.0494 e. The largest absolute Gasteiger partial charge is 0.381 e. The molecule has 0 bridgehead atoms. The molecule has 84 valence electrons. The van der Waals surface area contributed by atoms with Gasteiger partial charge in [-0.25, -0.2) is 0 Å². The van der Waals surface area contributed by atoms with Gasteiger partial charge in [-0.05, 0) is 38.1 Å². The molecule has 1 aliphatic rings. The van der Waals surface area contributed by atoms with Crippen LogP contribution in [-0.2, 0) is 4.74 Å². The van der Waals surface area contributed by atoms with E-state index in [1.165, 1.54) is 51.4 Å². The van der Waals surface area contributed by atoms with Gasteiger partial charge in [0.05, 0.1) is 0 Å². The highest BCUT2D eigenvalue weighted by molar-refractivity contribution is 4.66. The number of unbranched alkanes of at least 4 members (excludes halogenated alkanes) is 3. The van der Waals surface area contributed by atoms with E-state index < -0.39 is 0 Å². The molecule has 1 fully saturated rings. The van der Waals surface area contributed by atoms with Crippen LogP contribution in [0, 0.1) is 5.92 Å². The highest BCUT2D eigenvalue weighted by atomic mass is 16.5. The number of nitrogens with two attached hydrogens (primary N) is 1. The average Bonchev–Trinajstić information content (AvgIpc) is 2.69. The third kappa shape index (κ3) is 5.61. The van der Waals surface area contributed by atoms with Crippen LogP contribution in [-0.4, -0.2) is 19.8 Å². The van der Waals surface area contributed by atoms with Crippen LogP contribution in [0.4, 0.5) is 0 Å². The minimum absolute atomic E-state index is 0.836. The number of hydrogen-bond donors (Lipinski definition) is 1. The van der Waals surface area contributed by atoms with Gasteiger partial charge in [-0.3, -0.25) is 0 Å². The molecule has 0 aliphatic heterocycles.